The van der Waals surface area contributed by atoms with Gasteiger partial charge < -0.3 is 19.1 Å². The van der Waals surface area contributed by atoms with Gasteiger partial charge >= 0.3 is 6.09 Å². The van der Waals surface area contributed by atoms with Gasteiger partial charge in [0.1, 0.15) is 5.60 Å². The number of fused-ring (bicyclic) bond motifs is 1. The predicted octanol–water partition coefficient (Wildman–Crippen LogP) is 4.99. The van der Waals surface area contributed by atoms with E-state index >= 15 is 0 Å². The van der Waals surface area contributed by atoms with Crippen molar-refractivity contribution in [2.24, 2.45) is 5.92 Å². The topological polar surface area (TPSA) is 58.0 Å². The number of likely N-dealkylation sites (tertiary alicyclic amines) is 1. The Morgan fingerprint density at radius 2 is 1.67 bits per heavy atom. The molecule has 36 heavy (non-hydrogen) atoms. The van der Waals surface area contributed by atoms with Crippen molar-refractivity contribution in [1.29, 1.82) is 0 Å². The Morgan fingerprint density at radius 3 is 2.39 bits per heavy atom. The van der Waals surface area contributed by atoms with E-state index < -0.39 is 5.60 Å². The Balaban J connectivity index is 1.19. The quantitative estimate of drug-likeness (QED) is 0.601. The second kappa shape index (κ2) is 10.4. The Bertz CT molecular complexity index is 1070. The highest BCUT2D eigenvalue weighted by atomic mass is 16.6. The van der Waals surface area contributed by atoms with Crippen molar-refractivity contribution in [3.63, 3.8) is 0 Å². The Morgan fingerprint density at radius 1 is 0.917 bits per heavy atom. The van der Waals surface area contributed by atoms with Crippen molar-refractivity contribution in [2.45, 2.75) is 77.5 Å². The second-order valence-electron chi connectivity index (χ2n) is 11.9. The zero-order valence-corrected chi connectivity index (χ0v) is 22.2. The fourth-order valence-electron chi connectivity index (χ4n) is 6.22. The Hall–Kier alpha value is -2.54. The SMILES string of the molecule is CC(C)(C)OC(=O)N1CCCC(Cn2ccc3cc(C(=O)N4CCN(C5CCCC5)CC4)ccc32)C1. The van der Waals surface area contributed by atoms with Gasteiger partial charge in [-0.1, -0.05) is 12.8 Å². The van der Waals surface area contributed by atoms with Gasteiger partial charge in [0.2, 0.25) is 0 Å². The number of piperazine rings is 1. The van der Waals surface area contributed by atoms with Gasteiger partial charge in [-0.2, -0.15) is 0 Å². The summed E-state index contributed by atoms with van der Waals surface area (Å²) in [4.78, 5) is 32.3. The third kappa shape index (κ3) is 5.72. The van der Waals surface area contributed by atoms with Crippen LogP contribution in [0.3, 0.4) is 0 Å². The third-order valence-corrected chi connectivity index (χ3v) is 8.09. The van der Waals surface area contributed by atoms with Gasteiger partial charge in [-0.3, -0.25) is 9.69 Å². The van der Waals surface area contributed by atoms with Crippen molar-refractivity contribution in [2.75, 3.05) is 39.3 Å². The van der Waals surface area contributed by atoms with Gasteiger partial charge in [0.25, 0.3) is 5.91 Å². The molecule has 3 fully saturated rings. The summed E-state index contributed by atoms with van der Waals surface area (Å²) in [6, 6.07) is 8.97. The van der Waals surface area contributed by atoms with Gasteiger partial charge in [0, 0.05) is 74.5 Å². The molecule has 0 spiro atoms. The van der Waals surface area contributed by atoms with Crippen LogP contribution in [0, 0.1) is 5.92 Å². The molecule has 2 amide bonds. The number of rotatable bonds is 4. The normalized spacial score (nSPS) is 22.4. The van der Waals surface area contributed by atoms with Crippen LogP contribution in [-0.2, 0) is 11.3 Å². The van der Waals surface area contributed by atoms with Gasteiger partial charge in [0.15, 0.2) is 0 Å². The molecule has 1 saturated carbocycles. The average Bonchev–Trinajstić information content (AvgIpc) is 3.53. The predicted molar refractivity (Wildman–Crippen MR) is 142 cm³/mol. The first-order valence-electron chi connectivity index (χ1n) is 13.9. The molecule has 7 heteroatoms. The molecular weight excluding hydrogens is 452 g/mol. The monoisotopic (exact) mass is 494 g/mol. The average molecular weight is 495 g/mol. The number of carbonyl (C=O) groups excluding carboxylic acids is 2. The lowest BCUT2D eigenvalue weighted by atomic mass is 9.98. The van der Waals surface area contributed by atoms with Crippen molar-refractivity contribution in [1.82, 2.24) is 19.3 Å². The molecule has 0 radical (unpaired) electrons. The fraction of sp³-hybridized carbons (Fsp3) is 0.655. The standard InChI is InChI=1S/C29H42N4O3/c1-29(2,3)36-28(35)33-13-6-7-22(21-33)20-32-14-12-23-19-24(10-11-26(23)32)27(34)31-17-15-30(16-18-31)25-8-4-5-9-25/h10-12,14,19,22,25H,4-9,13,15-18,20-21H2,1-3H3. The van der Waals surface area contributed by atoms with Crippen molar-refractivity contribution in [3.8, 4) is 0 Å². The van der Waals surface area contributed by atoms with E-state index in [-0.39, 0.29) is 12.0 Å². The molecule has 2 aromatic rings. The minimum atomic E-state index is -0.473. The lowest BCUT2D eigenvalue weighted by Gasteiger charge is -2.38. The van der Waals surface area contributed by atoms with Crippen LogP contribution in [0.15, 0.2) is 30.5 Å². The summed E-state index contributed by atoms with van der Waals surface area (Å²) in [6.07, 6.45) is 9.35. The lowest BCUT2D eigenvalue weighted by molar-refractivity contribution is 0.0157. The Kier molecular flexibility index (Phi) is 7.29. The maximum atomic E-state index is 13.2. The first kappa shape index (κ1) is 25.1. The van der Waals surface area contributed by atoms with Gasteiger partial charge in [-0.25, -0.2) is 4.79 Å². The summed E-state index contributed by atoms with van der Waals surface area (Å²) in [6.45, 7) is 11.7. The Labute approximate surface area is 215 Å². The van der Waals surface area contributed by atoms with E-state index in [4.69, 9.17) is 4.74 Å². The van der Waals surface area contributed by atoms with Crippen LogP contribution >= 0.6 is 0 Å². The zero-order chi connectivity index (χ0) is 25.3. The smallest absolute Gasteiger partial charge is 0.410 e. The highest BCUT2D eigenvalue weighted by Crippen LogP contribution is 2.26. The summed E-state index contributed by atoms with van der Waals surface area (Å²) in [5.74, 6) is 0.537. The van der Waals surface area contributed by atoms with Crippen molar-refractivity contribution in [3.05, 3.63) is 36.0 Å². The van der Waals surface area contributed by atoms with E-state index in [1.54, 1.807) is 0 Å². The van der Waals surface area contributed by atoms with Crippen LogP contribution < -0.4 is 0 Å². The van der Waals surface area contributed by atoms with E-state index in [0.29, 0.717) is 5.92 Å². The van der Waals surface area contributed by atoms with Crippen LogP contribution in [0.2, 0.25) is 0 Å². The molecule has 3 heterocycles. The number of hydrogen-bond acceptors (Lipinski definition) is 4. The molecule has 3 aliphatic rings. The molecule has 0 bridgehead atoms. The highest BCUT2D eigenvalue weighted by molar-refractivity contribution is 5.98. The summed E-state index contributed by atoms with van der Waals surface area (Å²) >= 11 is 0. The van der Waals surface area contributed by atoms with Crippen molar-refractivity contribution < 1.29 is 14.3 Å². The molecule has 1 aliphatic carbocycles. The van der Waals surface area contributed by atoms with Crippen LogP contribution in [0.5, 0.6) is 0 Å². The third-order valence-electron chi connectivity index (χ3n) is 8.09. The molecule has 1 aromatic carbocycles. The van der Waals surface area contributed by atoms with Gasteiger partial charge in [-0.05, 0) is 76.6 Å². The minimum Gasteiger partial charge on any atom is -0.444 e. The molecule has 5 rings (SSSR count). The number of nitrogens with zero attached hydrogens (tertiary/aromatic N) is 4. The van der Waals surface area contributed by atoms with E-state index in [1.165, 1.54) is 25.7 Å². The van der Waals surface area contributed by atoms with Crippen LogP contribution in [0.25, 0.3) is 10.9 Å². The largest absolute Gasteiger partial charge is 0.444 e. The second-order valence-corrected chi connectivity index (χ2v) is 11.9. The van der Waals surface area contributed by atoms with E-state index in [9.17, 15) is 9.59 Å². The summed E-state index contributed by atoms with van der Waals surface area (Å²) in [5, 5.41) is 1.10. The molecule has 2 aliphatic heterocycles. The maximum Gasteiger partial charge on any atom is 0.410 e. The first-order chi connectivity index (χ1) is 17.3. The number of hydrogen-bond donors (Lipinski definition) is 0. The zero-order valence-electron chi connectivity index (χ0n) is 22.2. The maximum absolute atomic E-state index is 13.2. The van der Waals surface area contributed by atoms with Gasteiger partial charge in [-0.15, -0.1) is 0 Å². The highest BCUT2D eigenvalue weighted by Gasteiger charge is 2.29. The summed E-state index contributed by atoms with van der Waals surface area (Å²) < 4.78 is 7.86. The van der Waals surface area contributed by atoms with Crippen LogP contribution in [0.4, 0.5) is 4.79 Å². The summed E-state index contributed by atoms with van der Waals surface area (Å²) in [7, 11) is 0. The van der Waals surface area contributed by atoms with Crippen molar-refractivity contribution >= 4 is 22.9 Å². The number of ether oxygens (including phenoxy) is 1. The molecule has 1 aromatic heterocycles. The van der Waals surface area contributed by atoms with E-state index in [2.05, 4.69) is 27.8 Å². The number of amides is 2. The molecule has 0 N–H and O–H groups in total. The summed E-state index contributed by atoms with van der Waals surface area (Å²) in [5.41, 5.74) is 1.45. The van der Waals surface area contributed by atoms with E-state index in [1.807, 2.05) is 42.7 Å². The first-order valence-corrected chi connectivity index (χ1v) is 13.9. The molecular formula is C29H42N4O3. The molecule has 2 saturated heterocycles. The molecule has 1 unspecified atom stereocenters. The van der Waals surface area contributed by atoms with Gasteiger partial charge in [0.05, 0.1) is 0 Å². The molecule has 1 atom stereocenters. The lowest BCUT2D eigenvalue weighted by Crippen LogP contribution is -2.51. The van der Waals surface area contributed by atoms with Crippen LogP contribution in [-0.4, -0.2) is 82.2 Å². The minimum absolute atomic E-state index is 0.149. The number of piperidine rings is 1. The van der Waals surface area contributed by atoms with Crippen LogP contribution in [0.1, 0.15) is 69.7 Å². The fourth-order valence-corrected chi connectivity index (χ4v) is 6.22. The van der Waals surface area contributed by atoms with E-state index in [0.717, 1.165) is 81.2 Å². The number of benzene rings is 1. The number of aromatic nitrogens is 1. The molecule has 7 nitrogen and oxygen atoms in total. The molecule has 196 valence electrons. The number of carbonyl (C=O) groups is 2.